The van der Waals surface area contributed by atoms with Crippen molar-refractivity contribution in [2.75, 3.05) is 20.1 Å². The molecule has 8 nitrogen and oxygen atoms in total. The lowest BCUT2D eigenvalue weighted by atomic mass is 10.0. The van der Waals surface area contributed by atoms with Crippen LogP contribution in [-0.2, 0) is 18.4 Å². The molecular formula is C18H24N6O2. The number of rotatable bonds is 5. The molecule has 26 heavy (non-hydrogen) atoms. The molecule has 0 spiro atoms. The number of aryl methyl sites for hydroxylation is 2. The van der Waals surface area contributed by atoms with E-state index in [2.05, 4.69) is 25.6 Å². The van der Waals surface area contributed by atoms with Crippen molar-refractivity contribution in [1.29, 1.82) is 0 Å². The fourth-order valence-electron chi connectivity index (χ4n) is 3.27. The summed E-state index contributed by atoms with van der Waals surface area (Å²) in [7, 11) is 3.42. The van der Waals surface area contributed by atoms with E-state index in [4.69, 9.17) is 0 Å². The zero-order valence-electron chi connectivity index (χ0n) is 15.3. The van der Waals surface area contributed by atoms with Crippen LogP contribution in [0.3, 0.4) is 0 Å². The van der Waals surface area contributed by atoms with Gasteiger partial charge in [-0.25, -0.2) is 0 Å². The van der Waals surface area contributed by atoms with Crippen LogP contribution in [0.2, 0.25) is 0 Å². The molecule has 3 rings (SSSR count). The maximum atomic E-state index is 12.5. The first kappa shape index (κ1) is 18.1. The summed E-state index contributed by atoms with van der Waals surface area (Å²) >= 11 is 0. The fraction of sp³-hybridized carbons (Fsp3) is 0.444. The molecule has 0 saturated carbocycles. The molecule has 2 aromatic rings. The molecule has 8 heteroatoms. The SMILES string of the molecule is CNC(=O)[C@H]1CN(Cc2ccncc2)C[C@@H]1NC(=O)c1cc(C)n(C)n1. The van der Waals surface area contributed by atoms with E-state index in [0.717, 1.165) is 11.3 Å². The van der Waals surface area contributed by atoms with E-state index in [9.17, 15) is 9.59 Å². The Morgan fingerprint density at radius 2 is 2.00 bits per heavy atom. The third-order valence-electron chi connectivity index (χ3n) is 4.80. The quantitative estimate of drug-likeness (QED) is 0.793. The van der Waals surface area contributed by atoms with E-state index in [-0.39, 0.29) is 23.8 Å². The van der Waals surface area contributed by atoms with E-state index in [0.29, 0.717) is 25.3 Å². The molecule has 0 radical (unpaired) electrons. The van der Waals surface area contributed by atoms with E-state index in [1.54, 1.807) is 37.2 Å². The molecule has 138 valence electrons. The van der Waals surface area contributed by atoms with Crippen LogP contribution in [0.5, 0.6) is 0 Å². The summed E-state index contributed by atoms with van der Waals surface area (Å²) in [6.07, 6.45) is 3.51. The number of aromatic nitrogens is 3. The molecule has 2 atom stereocenters. The molecule has 1 saturated heterocycles. The van der Waals surface area contributed by atoms with Crippen molar-refractivity contribution < 1.29 is 9.59 Å². The Bertz CT molecular complexity index is 769. The van der Waals surface area contributed by atoms with E-state index in [1.807, 2.05) is 19.1 Å². The third kappa shape index (κ3) is 3.91. The molecule has 2 aromatic heterocycles. The lowest BCUT2D eigenvalue weighted by Gasteiger charge is -2.18. The Morgan fingerprint density at radius 3 is 2.62 bits per heavy atom. The Balaban J connectivity index is 1.70. The van der Waals surface area contributed by atoms with Gasteiger partial charge in [0.15, 0.2) is 0 Å². The number of hydrogen-bond acceptors (Lipinski definition) is 5. The number of carbonyl (C=O) groups is 2. The number of carbonyl (C=O) groups excluding carboxylic acids is 2. The minimum Gasteiger partial charge on any atom is -0.359 e. The summed E-state index contributed by atoms with van der Waals surface area (Å²) < 4.78 is 1.66. The minimum absolute atomic E-state index is 0.0651. The maximum absolute atomic E-state index is 12.5. The number of nitrogens with zero attached hydrogens (tertiary/aromatic N) is 4. The van der Waals surface area contributed by atoms with Gasteiger partial charge in [0.2, 0.25) is 5.91 Å². The second kappa shape index (κ2) is 7.65. The van der Waals surface area contributed by atoms with Gasteiger partial charge in [-0.3, -0.25) is 24.2 Å². The van der Waals surface area contributed by atoms with Crippen LogP contribution < -0.4 is 10.6 Å². The molecule has 0 unspecified atom stereocenters. The van der Waals surface area contributed by atoms with Crippen molar-refractivity contribution >= 4 is 11.8 Å². The second-order valence-electron chi connectivity index (χ2n) is 6.64. The second-order valence-corrected chi connectivity index (χ2v) is 6.64. The standard InChI is InChI=1S/C18H24N6O2/c1-12-8-15(22-23(12)3)18(26)21-16-11-24(10-14(16)17(25)19-2)9-13-4-6-20-7-5-13/h4-8,14,16H,9-11H2,1-3H3,(H,19,25)(H,21,26)/t14-,16-/m0/s1. The van der Waals surface area contributed by atoms with Crippen LogP contribution in [0.4, 0.5) is 0 Å². The lowest BCUT2D eigenvalue weighted by Crippen LogP contribution is -2.45. The number of amides is 2. The van der Waals surface area contributed by atoms with Crippen LogP contribution in [0, 0.1) is 12.8 Å². The van der Waals surface area contributed by atoms with Gasteiger partial charge >= 0.3 is 0 Å². The van der Waals surface area contributed by atoms with E-state index >= 15 is 0 Å². The number of hydrogen-bond donors (Lipinski definition) is 2. The van der Waals surface area contributed by atoms with Crippen LogP contribution in [-0.4, -0.2) is 57.7 Å². The van der Waals surface area contributed by atoms with Gasteiger partial charge in [-0.15, -0.1) is 0 Å². The topological polar surface area (TPSA) is 92.2 Å². The highest BCUT2D eigenvalue weighted by molar-refractivity contribution is 5.93. The van der Waals surface area contributed by atoms with Crippen molar-refractivity contribution in [2.24, 2.45) is 13.0 Å². The Labute approximate surface area is 152 Å². The van der Waals surface area contributed by atoms with E-state index in [1.165, 1.54) is 0 Å². The molecule has 1 aliphatic heterocycles. The van der Waals surface area contributed by atoms with Crippen molar-refractivity contribution in [2.45, 2.75) is 19.5 Å². The van der Waals surface area contributed by atoms with Gasteiger partial charge in [-0.1, -0.05) is 0 Å². The smallest absolute Gasteiger partial charge is 0.272 e. The highest BCUT2D eigenvalue weighted by atomic mass is 16.2. The van der Waals surface area contributed by atoms with E-state index < -0.39 is 0 Å². The van der Waals surface area contributed by atoms with Crippen molar-refractivity contribution in [3.05, 3.63) is 47.5 Å². The number of nitrogens with one attached hydrogen (secondary N) is 2. The van der Waals surface area contributed by atoms with Gasteiger partial charge < -0.3 is 10.6 Å². The minimum atomic E-state index is -0.296. The summed E-state index contributed by atoms with van der Waals surface area (Å²) in [6, 6.07) is 5.40. The average Bonchev–Trinajstić information content (AvgIpc) is 3.18. The normalized spacial score (nSPS) is 20.1. The molecule has 1 fully saturated rings. The zero-order valence-corrected chi connectivity index (χ0v) is 15.3. The van der Waals surface area contributed by atoms with Crippen LogP contribution in [0.1, 0.15) is 21.7 Å². The summed E-state index contributed by atoms with van der Waals surface area (Å²) in [5, 5.41) is 9.90. The summed E-state index contributed by atoms with van der Waals surface area (Å²) in [4.78, 5) is 31.0. The molecule has 0 bridgehead atoms. The average molecular weight is 356 g/mol. The van der Waals surface area contributed by atoms with Gasteiger partial charge in [-0.2, -0.15) is 5.10 Å². The largest absolute Gasteiger partial charge is 0.359 e. The molecule has 2 amide bonds. The maximum Gasteiger partial charge on any atom is 0.272 e. The summed E-state index contributed by atoms with van der Waals surface area (Å²) in [6.45, 7) is 3.81. The first-order valence-electron chi connectivity index (χ1n) is 8.62. The molecular weight excluding hydrogens is 332 g/mol. The molecule has 0 aliphatic carbocycles. The zero-order chi connectivity index (χ0) is 18.7. The predicted octanol–water partition coefficient (Wildman–Crippen LogP) is 0.0999. The van der Waals surface area contributed by atoms with Gasteiger partial charge in [0.1, 0.15) is 5.69 Å². The monoisotopic (exact) mass is 356 g/mol. The first-order valence-corrected chi connectivity index (χ1v) is 8.62. The van der Waals surface area contributed by atoms with Crippen molar-refractivity contribution in [1.82, 2.24) is 30.3 Å². The number of likely N-dealkylation sites (tertiary alicyclic amines) is 1. The summed E-state index contributed by atoms with van der Waals surface area (Å²) in [5.41, 5.74) is 2.40. The highest BCUT2D eigenvalue weighted by Gasteiger charge is 2.38. The lowest BCUT2D eigenvalue weighted by molar-refractivity contribution is -0.124. The van der Waals surface area contributed by atoms with Crippen molar-refractivity contribution in [3.63, 3.8) is 0 Å². The Kier molecular flexibility index (Phi) is 5.32. The molecule has 2 N–H and O–H groups in total. The van der Waals surface area contributed by atoms with Gasteiger partial charge in [0.25, 0.3) is 5.91 Å². The third-order valence-corrected chi connectivity index (χ3v) is 4.80. The fourth-order valence-corrected chi connectivity index (χ4v) is 3.27. The summed E-state index contributed by atoms with van der Waals surface area (Å²) in [5.74, 6) is -0.612. The number of pyridine rings is 1. The van der Waals surface area contributed by atoms with Crippen LogP contribution in [0.15, 0.2) is 30.6 Å². The van der Waals surface area contributed by atoms with Crippen molar-refractivity contribution in [3.8, 4) is 0 Å². The van der Waals surface area contributed by atoms with Crippen LogP contribution >= 0.6 is 0 Å². The van der Waals surface area contributed by atoms with Crippen LogP contribution in [0.25, 0.3) is 0 Å². The van der Waals surface area contributed by atoms with Gasteiger partial charge in [-0.05, 0) is 30.7 Å². The highest BCUT2D eigenvalue weighted by Crippen LogP contribution is 2.20. The molecule has 0 aromatic carbocycles. The molecule has 3 heterocycles. The molecule has 1 aliphatic rings. The predicted molar refractivity (Wildman–Crippen MR) is 96.3 cm³/mol. The Morgan fingerprint density at radius 1 is 1.27 bits per heavy atom. The van der Waals surface area contributed by atoms with Gasteiger partial charge in [0, 0.05) is 51.8 Å². The first-order chi connectivity index (χ1) is 12.5. The Hall–Kier alpha value is -2.74. The van der Waals surface area contributed by atoms with Gasteiger partial charge in [0.05, 0.1) is 12.0 Å².